The lowest BCUT2D eigenvalue weighted by Gasteiger charge is -2.09. The Hall–Kier alpha value is -1.34. The Balaban J connectivity index is 1.98. The highest BCUT2D eigenvalue weighted by atomic mass is 35.5. The summed E-state index contributed by atoms with van der Waals surface area (Å²) in [7, 11) is -4.50. The maximum atomic E-state index is 12.4. The summed E-state index contributed by atoms with van der Waals surface area (Å²) in [5.74, 6) is -0.212. The average molecular weight is 323 g/mol. The second-order valence-electron chi connectivity index (χ2n) is 4.88. The molecule has 0 fully saturated rings. The van der Waals surface area contributed by atoms with Gasteiger partial charge in [-0.2, -0.15) is 0 Å². The maximum Gasteiger partial charge on any atom is 0.491 e. The van der Waals surface area contributed by atoms with Crippen molar-refractivity contribution in [3.8, 4) is 0 Å². The molecule has 21 heavy (non-hydrogen) atoms. The second kappa shape index (κ2) is 5.46. The molecule has 0 atom stereocenters. The van der Waals surface area contributed by atoms with E-state index in [1.165, 1.54) is 0 Å². The van der Waals surface area contributed by atoms with Crippen molar-refractivity contribution in [2.75, 3.05) is 0 Å². The smallest absolute Gasteiger partial charge is 0.423 e. The van der Waals surface area contributed by atoms with Crippen LogP contribution < -0.4 is 5.46 Å². The van der Waals surface area contributed by atoms with Crippen LogP contribution in [0, 0.1) is 0 Å². The van der Waals surface area contributed by atoms with Gasteiger partial charge in [0, 0.05) is 5.02 Å². The standard InChI is InChI=1S/C14H12BClO4S/c16-14-7-10-8-20-15(17)13(10)6-11(14)9-21(18,19)12-4-2-1-3-5-12/h1-7,17H,8-9H2. The van der Waals surface area contributed by atoms with Crippen molar-refractivity contribution in [1.29, 1.82) is 0 Å². The lowest BCUT2D eigenvalue weighted by molar-refractivity contribution is 0.275. The van der Waals surface area contributed by atoms with E-state index in [4.69, 9.17) is 16.3 Å². The minimum Gasteiger partial charge on any atom is -0.423 e. The van der Waals surface area contributed by atoms with Gasteiger partial charge in [0.25, 0.3) is 0 Å². The summed E-state index contributed by atoms with van der Waals surface area (Å²) in [4.78, 5) is 0.248. The Morgan fingerprint density at radius 1 is 1.24 bits per heavy atom. The molecule has 0 bridgehead atoms. The summed E-state index contributed by atoms with van der Waals surface area (Å²) in [6.45, 7) is 0.280. The van der Waals surface area contributed by atoms with Crippen molar-refractivity contribution in [2.45, 2.75) is 17.3 Å². The van der Waals surface area contributed by atoms with E-state index in [0.29, 0.717) is 16.0 Å². The van der Waals surface area contributed by atoms with Crippen molar-refractivity contribution in [1.82, 2.24) is 0 Å². The number of hydrogen-bond acceptors (Lipinski definition) is 4. The highest BCUT2D eigenvalue weighted by Gasteiger charge is 2.29. The second-order valence-corrected chi connectivity index (χ2v) is 7.27. The van der Waals surface area contributed by atoms with Crippen LogP contribution in [0.4, 0.5) is 0 Å². The summed E-state index contributed by atoms with van der Waals surface area (Å²) < 4.78 is 29.9. The van der Waals surface area contributed by atoms with E-state index in [1.54, 1.807) is 42.5 Å². The summed E-state index contributed by atoms with van der Waals surface area (Å²) in [6.07, 6.45) is 0. The summed E-state index contributed by atoms with van der Waals surface area (Å²) in [5.41, 5.74) is 1.83. The first-order chi connectivity index (χ1) is 9.97. The van der Waals surface area contributed by atoms with Gasteiger partial charge in [-0.25, -0.2) is 8.42 Å². The van der Waals surface area contributed by atoms with Gasteiger partial charge in [0.15, 0.2) is 9.84 Å². The minimum atomic E-state index is -3.48. The molecule has 0 unspecified atom stereocenters. The molecule has 1 N–H and O–H groups in total. The molecule has 4 nitrogen and oxygen atoms in total. The van der Waals surface area contributed by atoms with Gasteiger partial charge in [0.05, 0.1) is 17.3 Å². The number of rotatable bonds is 3. The minimum absolute atomic E-state index is 0.212. The molecule has 1 aliphatic rings. The lowest BCUT2D eigenvalue weighted by atomic mass is 9.79. The van der Waals surface area contributed by atoms with Crippen LogP contribution in [0.5, 0.6) is 0 Å². The van der Waals surface area contributed by atoms with Gasteiger partial charge in [-0.05, 0) is 34.8 Å². The van der Waals surface area contributed by atoms with Gasteiger partial charge < -0.3 is 9.68 Å². The molecule has 0 spiro atoms. The highest BCUT2D eigenvalue weighted by Crippen LogP contribution is 2.24. The fourth-order valence-corrected chi connectivity index (χ4v) is 4.04. The van der Waals surface area contributed by atoms with Crippen LogP contribution in [-0.4, -0.2) is 20.6 Å². The maximum absolute atomic E-state index is 12.4. The van der Waals surface area contributed by atoms with Crippen LogP contribution in [0.25, 0.3) is 0 Å². The number of benzene rings is 2. The van der Waals surface area contributed by atoms with Gasteiger partial charge in [-0.1, -0.05) is 35.9 Å². The molecule has 2 aromatic carbocycles. The first-order valence-electron chi connectivity index (χ1n) is 6.36. The largest absolute Gasteiger partial charge is 0.491 e. The summed E-state index contributed by atoms with van der Waals surface area (Å²) in [5, 5.41) is 10.1. The van der Waals surface area contributed by atoms with E-state index in [1.807, 2.05) is 0 Å². The molecule has 0 amide bonds. The molecular formula is C14H12BClO4S. The number of fused-ring (bicyclic) bond motifs is 1. The van der Waals surface area contributed by atoms with Gasteiger partial charge in [-0.3, -0.25) is 0 Å². The van der Waals surface area contributed by atoms with Crippen LogP contribution in [0.1, 0.15) is 11.1 Å². The molecule has 0 aliphatic carbocycles. The SMILES string of the molecule is O=S(=O)(Cc1cc2c(cc1Cl)COB2O)c1ccccc1. The number of halogens is 1. The Morgan fingerprint density at radius 3 is 2.67 bits per heavy atom. The van der Waals surface area contributed by atoms with E-state index in [9.17, 15) is 13.4 Å². The quantitative estimate of drug-likeness (QED) is 0.871. The van der Waals surface area contributed by atoms with E-state index in [0.717, 1.165) is 5.56 Å². The molecule has 0 saturated heterocycles. The van der Waals surface area contributed by atoms with E-state index < -0.39 is 17.0 Å². The highest BCUT2D eigenvalue weighted by molar-refractivity contribution is 7.90. The van der Waals surface area contributed by atoms with Crippen LogP contribution in [-0.2, 0) is 26.9 Å². The first-order valence-corrected chi connectivity index (χ1v) is 8.39. The third-order valence-corrected chi connectivity index (χ3v) is 5.45. The Morgan fingerprint density at radius 2 is 1.95 bits per heavy atom. The fourth-order valence-electron chi connectivity index (χ4n) is 2.32. The fraction of sp³-hybridized carbons (Fsp3) is 0.143. The van der Waals surface area contributed by atoms with Crippen LogP contribution in [0.3, 0.4) is 0 Å². The molecule has 1 aliphatic heterocycles. The van der Waals surface area contributed by atoms with Crippen molar-refractivity contribution in [3.63, 3.8) is 0 Å². The van der Waals surface area contributed by atoms with Crippen LogP contribution >= 0.6 is 11.6 Å². The van der Waals surface area contributed by atoms with Gasteiger partial charge in [0.1, 0.15) is 0 Å². The van der Waals surface area contributed by atoms with E-state index >= 15 is 0 Å². The van der Waals surface area contributed by atoms with Crippen molar-refractivity contribution in [2.24, 2.45) is 0 Å². The summed E-state index contributed by atoms with van der Waals surface area (Å²) in [6, 6.07) is 11.5. The predicted molar refractivity (Wildman–Crippen MR) is 81.2 cm³/mol. The zero-order valence-electron chi connectivity index (χ0n) is 11.0. The third-order valence-electron chi connectivity index (χ3n) is 3.42. The molecule has 0 aromatic heterocycles. The molecule has 0 radical (unpaired) electrons. The Bertz CT molecular complexity index is 777. The monoisotopic (exact) mass is 322 g/mol. The van der Waals surface area contributed by atoms with Crippen LogP contribution in [0.15, 0.2) is 47.4 Å². The molecule has 2 aromatic rings. The summed E-state index contributed by atoms with van der Waals surface area (Å²) >= 11 is 6.15. The normalized spacial score (nSPS) is 14.3. The van der Waals surface area contributed by atoms with Gasteiger partial charge >= 0.3 is 7.12 Å². The Labute approximate surface area is 128 Å². The van der Waals surface area contributed by atoms with Crippen molar-refractivity contribution in [3.05, 3.63) is 58.6 Å². The molecule has 108 valence electrons. The molecule has 1 heterocycles. The van der Waals surface area contributed by atoms with Crippen molar-refractivity contribution >= 4 is 34.0 Å². The molecule has 7 heteroatoms. The molecule has 3 rings (SSSR count). The van der Waals surface area contributed by atoms with Gasteiger partial charge in [-0.15, -0.1) is 0 Å². The van der Waals surface area contributed by atoms with E-state index in [-0.39, 0.29) is 17.3 Å². The number of hydrogen-bond donors (Lipinski definition) is 1. The topological polar surface area (TPSA) is 63.6 Å². The zero-order valence-corrected chi connectivity index (χ0v) is 12.6. The average Bonchev–Trinajstić information content (AvgIpc) is 2.81. The van der Waals surface area contributed by atoms with Gasteiger partial charge in [0.2, 0.25) is 0 Å². The van der Waals surface area contributed by atoms with Crippen LogP contribution in [0.2, 0.25) is 5.02 Å². The molecule has 0 saturated carbocycles. The number of sulfone groups is 1. The predicted octanol–water partition coefficient (Wildman–Crippen LogP) is 1.53. The zero-order chi connectivity index (χ0) is 15.0. The first kappa shape index (κ1) is 14.6. The van der Waals surface area contributed by atoms with Crippen molar-refractivity contribution < 1.29 is 18.1 Å². The Kier molecular flexibility index (Phi) is 3.79. The van der Waals surface area contributed by atoms with E-state index in [2.05, 4.69) is 0 Å². The lowest BCUT2D eigenvalue weighted by Crippen LogP contribution is -2.28. The molecular weight excluding hydrogens is 310 g/mol. The third kappa shape index (κ3) is 2.85.